The van der Waals surface area contributed by atoms with Gasteiger partial charge >= 0.3 is 5.97 Å². The Morgan fingerprint density at radius 3 is 2.67 bits per heavy atom. The highest BCUT2D eigenvalue weighted by molar-refractivity contribution is 6.30. The molecule has 6 heteroatoms. The fraction of sp³-hybridized carbons (Fsp3) is 0.417. The average Bonchev–Trinajstić information content (AvgIpc) is 2.28. The number of carbonyl (C=O) groups is 1. The highest BCUT2D eigenvalue weighted by atomic mass is 35.5. The van der Waals surface area contributed by atoms with Gasteiger partial charge < -0.3 is 10.8 Å². The normalized spacial score (nSPS) is 11.7. The summed E-state index contributed by atoms with van der Waals surface area (Å²) in [6.07, 6.45) is 1.44. The predicted octanol–water partition coefficient (Wildman–Crippen LogP) is 2.88. The summed E-state index contributed by atoms with van der Waals surface area (Å²) in [5, 5.41) is 9.07. The van der Waals surface area contributed by atoms with Crippen molar-refractivity contribution in [2.45, 2.75) is 19.3 Å². The third kappa shape index (κ3) is 5.21. The fourth-order valence-corrected chi connectivity index (χ4v) is 1.75. The monoisotopic (exact) mass is 295 g/mol. The van der Waals surface area contributed by atoms with Crippen molar-refractivity contribution in [3.05, 3.63) is 34.6 Å². The predicted molar refractivity (Wildman–Crippen MR) is 71.8 cm³/mol. The summed E-state index contributed by atoms with van der Waals surface area (Å²) in [4.78, 5) is 11.0. The van der Waals surface area contributed by atoms with Gasteiger partial charge in [0.05, 0.1) is 10.9 Å². The summed E-state index contributed by atoms with van der Waals surface area (Å²) in [5.41, 5.74) is 5.98. The standard InChI is InChI=1S/C12H15ClFNO2.ClH/c13-10-4-3-8(7-11(10)14)6-9(12(16)17)2-1-5-15;/h3-4,7,9H,1-2,5-6,15H2,(H,16,17);1H. The summed E-state index contributed by atoms with van der Waals surface area (Å²) in [5.74, 6) is -1.93. The second kappa shape index (κ2) is 8.29. The van der Waals surface area contributed by atoms with Crippen molar-refractivity contribution >= 4 is 30.0 Å². The molecule has 0 radical (unpaired) electrons. The van der Waals surface area contributed by atoms with Gasteiger partial charge in [0.15, 0.2) is 0 Å². The van der Waals surface area contributed by atoms with Gasteiger partial charge in [-0.3, -0.25) is 4.79 Å². The van der Waals surface area contributed by atoms with E-state index < -0.39 is 17.7 Å². The van der Waals surface area contributed by atoms with Crippen LogP contribution in [0.4, 0.5) is 4.39 Å². The lowest BCUT2D eigenvalue weighted by Gasteiger charge is -2.11. The minimum Gasteiger partial charge on any atom is -0.481 e. The Morgan fingerprint density at radius 1 is 1.50 bits per heavy atom. The summed E-state index contributed by atoms with van der Waals surface area (Å²) < 4.78 is 13.2. The Morgan fingerprint density at radius 2 is 2.17 bits per heavy atom. The van der Waals surface area contributed by atoms with Crippen molar-refractivity contribution in [3.8, 4) is 0 Å². The topological polar surface area (TPSA) is 63.3 Å². The lowest BCUT2D eigenvalue weighted by Crippen LogP contribution is -2.18. The highest BCUT2D eigenvalue weighted by Gasteiger charge is 2.17. The molecule has 0 aliphatic carbocycles. The first-order chi connectivity index (χ1) is 8.04. The van der Waals surface area contributed by atoms with E-state index in [-0.39, 0.29) is 17.4 Å². The second-order valence-corrected chi connectivity index (χ2v) is 4.33. The minimum atomic E-state index is -0.881. The second-order valence-electron chi connectivity index (χ2n) is 3.92. The van der Waals surface area contributed by atoms with E-state index in [4.69, 9.17) is 22.4 Å². The van der Waals surface area contributed by atoms with Crippen LogP contribution in [-0.4, -0.2) is 17.6 Å². The van der Waals surface area contributed by atoms with Crippen LogP contribution in [0.3, 0.4) is 0 Å². The Balaban J connectivity index is 0.00000289. The van der Waals surface area contributed by atoms with Gasteiger partial charge in [-0.1, -0.05) is 17.7 Å². The maximum atomic E-state index is 13.2. The Hall–Kier alpha value is -0.840. The molecule has 1 rings (SSSR count). The van der Waals surface area contributed by atoms with Crippen molar-refractivity contribution < 1.29 is 14.3 Å². The molecule has 102 valence electrons. The summed E-state index contributed by atoms with van der Waals surface area (Å²) in [6.45, 7) is 0.457. The van der Waals surface area contributed by atoms with Crippen LogP contribution < -0.4 is 5.73 Å². The molecule has 0 aliphatic rings. The van der Waals surface area contributed by atoms with Crippen molar-refractivity contribution in [1.82, 2.24) is 0 Å². The SMILES string of the molecule is Cl.NCCCC(Cc1ccc(Cl)c(F)c1)C(=O)O. The van der Waals surface area contributed by atoms with Crippen LogP contribution in [0.5, 0.6) is 0 Å². The molecule has 18 heavy (non-hydrogen) atoms. The molecule has 0 aromatic heterocycles. The maximum absolute atomic E-state index is 13.2. The van der Waals surface area contributed by atoms with E-state index in [2.05, 4.69) is 0 Å². The molecule has 1 aromatic rings. The number of hydrogen-bond donors (Lipinski definition) is 2. The summed E-state index contributed by atoms with van der Waals surface area (Å²) >= 11 is 5.56. The average molecular weight is 296 g/mol. The zero-order valence-corrected chi connectivity index (χ0v) is 11.3. The van der Waals surface area contributed by atoms with Gasteiger partial charge in [-0.2, -0.15) is 0 Å². The van der Waals surface area contributed by atoms with Crippen LogP contribution in [0.2, 0.25) is 5.02 Å². The zero-order valence-electron chi connectivity index (χ0n) is 9.73. The van der Waals surface area contributed by atoms with E-state index in [1.165, 1.54) is 12.1 Å². The quantitative estimate of drug-likeness (QED) is 0.848. The van der Waals surface area contributed by atoms with E-state index in [1.807, 2.05) is 0 Å². The molecule has 0 saturated heterocycles. The first-order valence-electron chi connectivity index (χ1n) is 5.41. The van der Waals surface area contributed by atoms with E-state index in [9.17, 15) is 9.18 Å². The highest BCUT2D eigenvalue weighted by Crippen LogP contribution is 2.19. The minimum absolute atomic E-state index is 0. The molecular weight excluding hydrogens is 280 g/mol. The number of halogens is 3. The number of aliphatic carboxylic acids is 1. The molecule has 1 atom stereocenters. The third-order valence-electron chi connectivity index (χ3n) is 2.57. The Labute approximate surface area is 117 Å². The van der Waals surface area contributed by atoms with Crippen molar-refractivity contribution in [2.75, 3.05) is 6.54 Å². The number of rotatable bonds is 6. The Kier molecular flexibility index (Phi) is 7.91. The van der Waals surface area contributed by atoms with Crippen molar-refractivity contribution in [2.24, 2.45) is 11.7 Å². The molecule has 0 amide bonds. The molecule has 1 unspecified atom stereocenters. The first kappa shape index (κ1) is 17.2. The van der Waals surface area contributed by atoms with Gasteiger partial charge in [-0.05, 0) is 43.5 Å². The molecule has 0 saturated carbocycles. The van der Waals surface area contributed by atoms with E-state index in [0.717, 1.165) is 0 Å². The molecule has 1 aromatic carbocycles. The van der Waals surface area contributed by atoms with Gasteiger partial charge in [0.2, 0.25) is 0 Å². The summed E-state index contributed by atoms with van der Waals surface area (Å²) in [7, 11) is 0. The zero-order chi connectivity index (χ0) is 12.8. The van der Waals surface area contributed by atoms with Gasteiger partial charge in [-0.25, -0.2) is 4.39 Å². The van der Waals surface area contributed by atoms with Crippen LogP contribution in [0.1, 0.15) is 18.4 Å². The number of carboxylic acid groups (broad SMARTS) is 1. The van der Waals surface area contributed by atoms with Crippen LogP contribution in [-0.2, 0) is 11.2 Å². The number of carboxylic acids is 1. The van der Waals surface area contributed by atoms with Gasteiger partial charge in [0.1, 0.15) is 5.82 Å². The van der Waals surface area contributed by atoms with Crippen LogP contribution in [0.15, 0.2) is 18.2 Å². The lowest BCUT2D eigenvalue weighted by atomic mass is 9.95. The largest absolute Gasteiger partial charge is 0.481 e. The summed E-state index contributed by atoms with van der Waals surface area (Å²) in [6, 6.07) is 4.36. The van der Waals surface area contributed by atoms with Crippen LogP contribution in [0, 0.1) is 11.7 Å². The van der Waals surface area contributed by atoms with E-state index in [0.29, 0.717) is 31.4 Å². The molecule has 3 nitrogen and oxygen atoms in total. The van der Waals surface area contributed by atoms with E-state index >= 15 is 0 Å². The smallest absolute Gasteiger partial charge is 0.306 e. The Bertz CT molecular complexity index is 402. The first-order valence-corrected chi connectivity index (χ1v) is 5.79. The lowest BCUT2D eigenvalue weighted by molar-refractivity contribution is -0.141. The van der Waals surface area contributed by atoms with Gasteiger partial charge in [0, 0.05) is 0 Å². The number of hydrogen-bond acceptors (Lipinski definition) is 2. The molecule has 0 aliphatic heterocycles. The van der Waals surface area contributed by atoms with Gasteiger partial charge in [0.25, 0.3) is 0 Å². The van der Waals surface area contributed by atoms with Gasteiger partial charge in [-0.15, -0.1) is 12.4 Å². The molecule has 0 bridgehead atoms. The fourth-order valence-electron chi connectivity index (χ4n) is 1.63. The van der Waals surface area contributed by atoms with Crippen molar-refractivity contribution in [3.63, 3.8) is 0 Å². The molecule has 0 fully saturated rings. The molecule has 0 spiro atoms. The number of benzene rings is 1. The van der Waals surface area contributed by atoms with Crippen LogP contribution >= 0.6 is 24.0 Å². The van der Waals surface area contributed by atoms with E-state index in [1.54, 1.807) is 6.07 Å². The van der Waals surface area contributed by atoms with Crippen LogP contribution in [0.25, 0.3) is 0 Å². The maximum Gasteiger partial charge on any atom is 0.306 e. The third-order valence-corrected chi connectivity index (χ3v) is 2.88. The van der Waals surface area contributed by atoms with Crippen molar-refractivity contribution in [1.29, 1.82) is 0 Å². The molecule has 3 N–H and O–H groups in total. The molecular formula is C12H16Cl2FNO2. The molecule has 0 heterocycles. The number of nitrogens with two attached hydrogens (primary N) is 1.